The molecule has 0 aromatic heterocycles. The Kier molecular flexibility index (Phi) is 4.00. The molecule has 0 aliphatic carbocycles. The van der Waals surface area contributed by atoms with Crippen molar-refractivity contribution in [1.29, 1.82) is 0 Å². The summed E-state index contributed by atoms with van der Waals surface area (Å²) >= 11 is 0. The van der Waals surface area contributed by atoms with Gasteiger partial charge in [0, 0.05) is 14.1 Å². The average molecular weight is 320 g/mol. The Hall–Kier alpha value is -3.21. The summed E-state index contributed by atoms with van der Waals surface area (Å²) in [6.07, 6.45) is 1.52. The van der Waals surface area contributed by atoms with Crippen molar-refractivity contribution in [2.24, 2.45) is 0 Å². The number of hydrogen-bond acceptors (Lipinski definition) is 3. The van der Waals surface area contributed by atoms with Crippen LogP contribution >= 0.6 is 0 Å². The summed E-state index contributed by atoms with van der Waals surface area (Å²) in [6.45, 7) is 0. The topological polar surface area (TPSA) is 57.7 Å². The number of imide groups is 2. The van der Waals surface area contributed by atoms with E-state index in [0.717, 1.165) is 26.5 Å². The number of carbonyl (C=O) groups is 3. The largest absolute Gasteiger partial charge is 0.333 e. The zero-order valence-corrected chi connectivity index (χ0v) is 13.4. The lowest BCUT2D eigenvalue weighted by atomic mass is 10.0. The Labute approximate surface area is 139 Å². The third kappa shape index (κ3) is 2.72. The van der Waals surface area contributed by atoms with Gasteiger partial charge in [0.15, 0.2) is 0 Å². The van der Waals surface area contributed by atoms with E-state index in [9.17, 15) is 14.4 Å². The van der Waals surface area contributed by atoms with E-state index in [-0.39, 0.29) is 5.57 Å². The van der Waals surface area contributed by atoms with Gasteiger partial charge >= 0.3 is 6.03 Å². The van der Waals surface area contributed by atoms with Gasteiger partial charge in [0.2, 0.25) is 0 Å². The molecule has 4 amide bonds. The Bertz CT molecular complexity index is 830. The van der Waals surface area contributed by atoms with Gasteiger partial charge in [-0.1, -0.05) is 48.5 Å². The number of benzene rings is 2. The molecule has 0 N–H and O–H groups in total. The van der Waals surface area contributed by atoms with Crippen molar-refractivity contribution in [3.8, 4) is 11.1 Å². The first-order chi connectivity index (χ1) is 11.5. The lowest BCUT2D eigenvalue weighted by Gasteiger charge is -2.28. The van der Waals surface area contributed by atoms with Crippen LogP contribution in [0.1, 0.15) is 5.56 Å². The SMILES string of the molecule is CN1C(=O)C(=Cc2cccc(-c3ccccc3)c2)C(=O)N(C)C1=O. The molecule has 2 aromatic rings. The molecule has 1 fully saturated rings. The van der Waals surface area contributed by atoms with Crippen LogP contribution in [0.5, 0.6) is 0 Å². The summed E-state index contributed by atoms with van der Waals surface area (Å²) in [4.78, 5) is 38.1. The molecular weight excluding hydrogens is 304 g/mol. The maximum Gasteiger partial charge on any atom is 0.333 e. The van der Waals surface area contributed by atoms with Gasteiger partial charge in [-0.25, -0.2) is 4.79 Å². The summed E-state index contributed by atoms with van der Waals surface area (Å²) in [5, 5.41) is 0. The van der Waals surface area contributed by atoms with Gasteiger partial charge in [0.05, 0.1) is 0 Å². The number of urea groups is 1. The second kappa shape index (κ2) is 6.12. The molecule has 1 aliphatic rings. The molecule has 5 heteroatoms. The molecule has 0 unspecified atom stereocenters. The molecule has 1 saturated heterocycles. The first-order valence-electron chi connectivity index (χ1n) is 7.46. The molecule has 0 radical (unpaired) electrons. The molecule has 0 saturated carbocycles. The summed E-state index contributed by atoms with van der Waals surface area (Å²) < 4.78 is 0. The van der Waals surface area contributed by atoms with Crippen LogP contribution in [0, 0.1) is 0 Å². The molecule has 120 valence electrons. The molecule has 2 aromatic carbocycles. The van der Waals surface area contributed by atoms with E-state index in [1.54, 1.807) is 0 Å². The van der Waals surface area contributed by atoms with Gasteiger partial charge in [-0.05, 0) is 28.8 Å². The minimum absolute atomic E-state index is 0.0233. The van der Waals surface area contributed by atoms with Crippen molar-refractivity contribution in [2.45, 2.75) is 0 Å². The number of barbiturate groups is 1. The fourth-order valence-corrected chi connectivity index (χ4v) is 2.58. The predicted molar refractivity (Wildman–Crippen MR) is 90.8 cm³/mol. The first kappa shape index (κ1) is 15.7. The molecule has 0 atom stereocenters. The maximum absolute atomic E-state index is 12.2. The maximum atomic E-state index is 12.2. The van der Waals surface area contributed by atoms with E-state index < -0.39 is 17.8 Å². The quantitative estimate of drug-likeness (QED) is 0.631. The van der Waals surface area contributed by atoms with Crippen LogP contribution in [0.15, 0.2) is 60.2 Å². The number of hydrogen-bond donors (Lipinski definition) is 0. The van der Waals surface area contributed by atoms with E-state index in [1.165, 1.54) is 20.2 Å². The highest BCUT2D eigenvalue weighted by Gasteiger charge is 2.37. The molecule has 1 aliphatic heterocycles. The van der Waals surface area contributed by atoms with Crippen LogP contribution in [0.2, 0.25) is 0 Å². The highest BCUT2D eigenvalue weighted by atomic mass is 16.2. The zero-order chi connectivity index (χ0) is 17.3. The number of carbonyl (C=O) groups excluding carboxylic acids is 3. The zero-order valence-electron chi connectivity index (χ0n) is 13.4. The molecule has 24 heavy (non-hydrogen) atoms. The lowest BCUT2D eigenvalue weighted by molar-refractivity contribution is -0.134. The standard InChI is InChI=1S/C19H16N2O3/c1-20-17(22)16(18(23)21(2)19(20)24)12-13-7-6-10-15(11-13)14-8-4-3-5-9-14/h3-12H,1-2H3. The Balaban J connectivity index is 2.01. The number of rotatable bonds is 2. The van der Waals surface area contributed by atoms with E-state index in [4.69, 9.17) is 0 Å². The summed E-state index contributed by atoms with van der Waals surface area (Å²) in [7, 11) is 2.73. The van der Waals surface area contributed by atoms with Crippen LogP contribution in [0.3, 0.4) is 0 Å². The molecule has 1 heterocycles. The van der Waals surface area contributed by atoms with Gasteiger partial charge < -0.3 is 0 Å². The molecule has 0 bridgehead atoms. The number of nitrogens with zero attached hydrogens (tertiary/aromatic N) is 2. The van der Waals surface area contributed by atoms with E-state index >= 15 is 0 Å². The fraction of sp³-hybridized carbons (Fsp3) is 0.105. The van der Waals surface area contributed by atoms with Crippen LogP contribution in [-0.2, 0) is 9.59 Å². The van der Waals surface area contributed by atoms with Gasteiger partial charge in [-0.15, -0.1) is 0 Å². The van der Waals surface area contributed by atoms with Crippen molar-refractivity contribution in [1.82, 2.24) is 9.80 Å². The average Bonchev–Trinajstić information content (AvgIpc) is 2.63. The third-order valence-electron chi connectivity index (χ3n) is 3.95. The van der Waals surface area contributed by atoms with Crippen molar-refractivity contribution in [2.75, 3.05) is 14.1 Å². The Morgan fingerprint density at radius 1 is 0.750 bits per heavy atom. The molecular formula is C19H16N2O3. The monoisotopic (exact) mass is 320 g/mol. The normalized spacial score (nSPS) is 15.1. The van der Waals surface area contributed by atoms with Crippen LogP contribution in [-0.4, -0.2) is 41.7 Å². The van der Waals surface area contributed by atoms with Crippen molar-refractivity contribution in [3.63, 3.8) is 0 Å². The van der Waals surface area contributed by atoms with Crippen LogP contribution in [0.4, 0.5) is 4.79 Å². The lowest BCUT2D eigenvalue weighted by Crippen LogP contribution is -2.52. The highest BCUT2D eigenvalue weighted by molar-refractivity contribution is 6.30. The van der Waals surface area contributed by atoms with Crippen molar-refractivity contribution >= 4 is 23.9 Å². The molecule has 5 nitrogen and oxygen atoms in total. The summed E-state index contributed by atoms with van der Waals surface area (Å²) in [6, 6.07) is 16.7. The minimum Gasteiger partial charge on any atom is -0.268 e. The smallest absolute Gasteiger partial charge is 0.268 e. The van der Waals surface area contributed by atoms with Crippen molar-refractivity contribution < 1.29 is 14.4 Å². The summed E-state index contributed by atoms with van der Waals surface area (Å²) in [5.74, 6) is -1.18. The van der Waals surface area contributed by atoms with E-state index in [0.29, 0.717) is 0 Å². The van der Waals surface area contributed by atoms with Gasteiger partial charge in [-0.2, -0.15) is 0 Å². The van der Waals surface area contributed by atoms with Gasteiger partial charge in [-0.3, -0.25) is 19.4 Å². The minimum atomic E-state index is -0.625. The van der Waals surface area contributed by atoms with Crippen molar-refractivity contribution in [3.05, 3.63) is 65.7 Å². The van der Waals surface area contributed by atoms with E-state index in [1.807, 2.05) is 54.6 Å². The molecule has 0 spiro atoms. The first-order valence-corrected chi connectivity index (χ1v) is 7.46. The fourth-order valence-electron chi connectivity index (χ4n) is 2.58. The number of amides is 4. The number of likely N-dealkylation sites (N-methyl/N-ethyl adjacent to an activating group) is 2. The van der Waals surface area contributed by atoms with Gasteiger partial charge in [0.25, 0.3) is 11.8 Å². The van der Waals surface area contributed by atoms with Crippen LogP contribution < -0.4 is 0 Å². The summed E-state index contributed by atoms with van der Waals surface area (Å²) in [5.41, 5.74) is 2.73. The predicted octanol–water partition coefficient (Wildman–Crippen LogP) is 2.79. The second-order valence-corrected chi connectivity index (χ2v) is 5.56. The Morgan fingerprint density at radius 2 is 1.33 bits per heavy atom. The Morgan fingerprint density at radius 3 is 1.96 bits per heavy atom. The second-order valence-electron chi connectivity index (χ2n) is 5.56. The van der Waals surface area contributed by atoms with E-state index in [2.05, 4.69) is 0 Å². The highest BCUT2D eigenvalue weighted by Crippen LogP contribution is 2.23. The molecule has 3 rings (SSSR count). The third-order valence-corrected chi connectivity index (χ3v) is 3.95. The van der Waals surface area contributed by atoms with Crippen LogP contribution in [0.25, 0.3) is 17.2 Å². The van der Waals surface area contributed by atoms with Gasteiger partial charge in [0.1, 0.15) is 5.57 Å².